The van der Waals surface area contributed by atoms with E-state index in [2.05, 4.69) is 0 Å². The van der Waals surface area contributed by atoms with Crippen LogP contribution in [0, 0.1) is 23.6 Å². The zero-order valence-corrected chi connectivity index (χ0v) is 23.9. The first kappa shape index (κ1) is 32.1. The van der Waals surface area contributed by atoms with E-state index in [0.29, 0.717) is 42.4 Å². The van der Waals surface area contributed by atoms with Crippen molar-refractivity contribution in [2.24, 2.45) is 17.8 Å². The highest BCUT2D eigenvalue weighted by Crippen LogP contribution is 2.46. The number of benzene rings is 2. The molecule has 1 fully saturated rings. The van der Waals surface area contributed by atoms with E-state index in [1.54, 1.807) is 12.1 Å². The lowest BCUT2D eigenvalue weighted by Crippen LogP contribution is -2.39. The summed E-state index contributed by atoms with van der Waals surface area (Å²) in [7, 11) is 0. The molecule has 2 aliphatic rings. The van der Waals surface area contributed by atoms with Crippen molar-refractivity contribution in [1.29, 1.82) is 0 Å². The van der Waals surface area contributed by atoms with Crippen molar-refractivity contribution in [3.8, 4) is 5.75 Å². The van der Waals surface area contributed by atoms with Crippen LogP contribution >= 0.6 is 0 Å². The standard InChI is InChI=1S/C33H38FNO8/c34-26-16-20(10-12-27(26)38)15-22(21-7-3-1-4-8-21)11-13-28(39)30-23(18-36)17-24-31(25(30)19-37)33(43)35(32(24)42)14-6-2-5-9-29(40)41/h1,3-4,7-8,10,12,15-16,24-25,28,31,36-39H,2,5-6,9,11,13-14,17-19H2,(H,40,41)/b22-15-/t24-,25+,28-,31-/m1/s1. The van der Waals surface area contributed by atoms with Gasteiger partial charge in [-0.3, -0.25) is 19.3 Å². The number of fused-ring (bicyclic) bond motifs is 1. The first-order valence-corrected chi connectivity index (χ1v) is 14.6. The minimum Gasteiger partial charge on any atom is -0.505 e. The Labute approximate surface area is 249 Å². The van der Waals surface area contributed by atoms with Crippen molar-refractivity contribution < 1.29 is 44.3 Å². The number of unbranched alkanes of at least 4 members (excludes halogenated alkanes) is 2. The van der Waals surface area contributed by atoms with Crippen LogP contribution in [0.15, 0.2) is 59.7 Å². The highest BCUT2D eigenvalue weighted by Gasteiger charge is 2.54. The van der Waals surface area contributed by atoms with Gasteiger partial charge in [-0.1, -0.05) is 48.9 Å². The van der Waals surface area contributed by atoms with Crippen LogP contribution in [0.1, 0.15) is 56.1 Å². The monoisotopic (exact) mass is 595 g/mol. The van der Waals surface area contributed by atoms with Gasteiger partial charge in [0.15, 0.2) is 11.6 Å². The minimum absolute atomic E-state index is 0.0117. The number of carbonyl (C=O) groups is 3. The number of hydrogen-bond acceptors (Lipinski definition) is 7. The molecule has 10 heteroatoms. The molecule has 2 amide bonds. The molecule has 43 heavy (non-hydrogen) atoms. The van der Waals surface area contributed by atoms with E-state index in [0.717, 1.165) is 11.1 Å². The van der Waals surface area contributed by atoms with Crippen LogP contribution in [0.25, 0.3) is 11.6 Å². The molecule has 5 N–H and O–H groups in total. The third kappa shape index (κ3) is 7.38. The molecular weight excluding hydrogens is 557 g/mol. The van der Waals surface area contributed by atoms with Crippen LogP contribution in [0.5, 0.6) is 5.75 Å². The molecule has 2 aromatic rings. The fourth-order valence-electron chi connectivity index (χ4n) is 6.33. The molecule has 0 radical (unpaired) electrons. The molecule has 1 aliphatic carbocycles. The summed E-state index contributed by atoms with van der Waals surface area (Å²) < 4.78 is 14.0. The molecular formula is C33H38FNO8. The number of allylic oxidation sites excluding steroid dienone is 1. The first-order valence-electron chi connectivity index (χ1n) is 14.6. The van der Waals surface area contributed by atoms with E-state index in [-0.39, 0.29) is 31.7 Å². The van der Waals surface area contributed by atoms with Crippen molar-refractivity contribution in [2.45, 2.75) is 51.0 Å². The van der Waals surface area contributed by atoms with E-state index < -0.39 is 60.5 Å². The van der Waals surface area contributed by atoms with Gasteiger partial charge in [-0.15, -0.1) is 0 Å². The lowest BCUT2D eigenvalue weighted by atomic mass is 9.68. The Hall–Kier alpha value is -3.86. The van der Waals surface area contributed by atoms with E-state index in [1.807, 2.05) is 30.3 Å². The number of halogens is 1. The van der Waals surface area contributed by atoms with E-state index in [9.17, 15) is 39.2 Å². The fraction of sp³-hybridized carbons (Fsp3) is 0.424. The van der Waals surface area contributed by atoms with Crippen LogP contribution in [0.2, 0.25) is 0 Å². The molecule has 0 saturated carbocycles. The largest absolute Gasteiger partial charge is 0.505 e. The quantitative estimate of drug-likeness (QED) is 0.0957. The summed E-state index contributed by atoms with van der Waals surface area (Å²) in [6.45, 7) is -0.772. The maximum atomic E-state index is 14.0. The predicted molar refractivity (Wildman–Crippen MR) is 157 cm³/mol. The number of carboxylic acid groups (broad SMARTS) is 1. The number of carboxylic acids is 1. The van der Waals surface area contributed by atoms with Crippen LogP contribution in [-0.4, -0.2) is 74.1 Å². The number of phenols is 1. The number of aliphatic carboxylic acids is 1. The molecule has 0 unspecified atom stereocenters. The van der Waals surface area contributed by atoms with Crippen molar-refractivity contribution in [3.63, 3.8) is 0 Å². The Balaban J connectivity index is 1.53. The summed E-state index contributed by atoms with van der Waals surface area (Å²) in [6, 6.07) is 13.4. The van der Waals surface area contributed by atoms with Crippen LogP contribution in [-0.2, 0) is 14.4 Å². The fourth-order valence-corrected chi connectivity index (χ4v) is 6.33. The number of aliphatic hydroxyl groups is 3. The number of rotatable bonds is 14. The number of aromatic hydroxyl groups is 1. The van der Waals surface area contributed by atoms with E-state index in [1.165, 1.54) is 17.0 Å². The topological polar surface area (TPSA) is 156 Å². The molecule has 1 heterocycles. The Kier molecular flexibility index (Phi) is 10.8. The molecule has 1 aliphatic heterocycles. The lowest BCUT2D eigenvalue weighted by Gasteiger charge is -2.36. The molecule has 4 atom stereocenters. The van der Waals surface area contributed by atoms with Gasteiger partial charge in [-0.25, -0.2) is 4.39 Å². The SMILES string of the molecule is O=C(O)CCCCCN1C(=O)[C@@H]2[C@@H](CC(CO)=C([C@H](O)CC/C(=C/c3ccc(O)c(F)c3)c3ccccc3)[C@@H]2CO)C1=O. The van der Waals surface area contributed by atoms with Gasteiger partial charge < -0.3 is 25.5 Å². The normalized spacial score (nSPS) is 21.3. The van der Waals surface area contributed by atoms with Gasteiger partial charge in [-0.2, -0.15) is 0 Å². The highest BCUT2D eigenvalue weighted by atomic mass is 19.1. The number of carbonyl (C=O) groups excluding carboxylic acids is 2. The van der Waals surface area contributed by atoms with Crippen molar-refractivity contribution in [3.05, 3.63) is 76.6 Å². The van der Waals surface area contributed by atoms with Crippen molar-refractivity contribution in [2.75, 3.05) is 19.8 Å². The third-order valence-electron chi connectivity index (χ3n) is 8.44. The molecule has 0 spiro atoms. The second-order valence-electron chi connectivity index (χ2n) is 11.2. The summed E-state index contributed by atoms with van der Waals surface area (Å²) in [6.07, 6.45) is 2.68. The number of hydrogen-bond donors (Lipinski definition) is 5. The van der Waals surface area contributed by atoms with Crippen LogP contribution in [0.3, 0.4) is 0 Å². The van der Waals surface area contributed by atoms with Gasteiger partial charge in [-0.05, 0) is 72.1 Å². The molecule has 9 nitrogen and oxygen atoms in total. The van der Waals surface area contributed by atoms with Crippen LogP contribution in [0.4, 0.5) is 4.39 Å². The number of aliphatic hydroxyl groups excluding tert-OH is 3. The molecule has 2 aromatic carbocycles. The number of phenolic OH excluding ortho intramolecular Hbond substituents is 1. The summed E-state index contributed by atoms with van der Waals surface area (Å²) in [5.41, 5.74) is 2.96. The Morgan fingerprint density at radius 3 is 2.42 bits per heavy atom. The first-order chi connectivity index (χ1) is 20.7. The molecule has 0 aromatic heterocycles. The summed E-state index contributed by atoms with van der Waals surface area (Å²) in [5, 5.41) is 50.5. The smallest absolute Gasteiger partial charge is 0.303 e. The second-order valence-corrected chi connectivity index (χ2v) is 11.2. The van der Waals surface area contributed by atoms with Gasteiger partial charge in [0, 0.05) is 18.9 Å². The Morgan fingerprint density at radius 1 is 1.02 bits per heavy atom. The maximum Gasteiger partial charge on any atom is 0.303 e. The average molecular weight is 596 g/mol. The summed E-state index contributed by atoms with van der Waals surface area (Å²) >= 11 is 0. The molecule has 230 valence electrons. The van der Waals surface area contributed by atoms with Gasteiger partial charge in [0.1, 0.15) is 0 Å². The van der Waals surface area contributed by atoms with Crippen molar-refractivity contribution >= 4 is 29.4 Å². The zero-order chi connectivity index (χ0) is 31.1. The van der Waals surface area contributed by atoms with E-state index in [4.69, 9.17) is 5.11 Å². The van der Waals surface area contributed by atoms with Crippen LogP contribution < -0.4 is 0 Å². The van der Waals surface area contributed by atoms with Crippen molar-refractivity contribution in [1.82, 2.24) is 4.90 Å². The van der Waals surface area contributed by atoms with Gasteiger partial charge in [0.25, 0.3) is 0 Å². The lowest BCUT2D eigenvalue weighted by molar-refractivity contribution is -0.141. The second kappa shape index (κ2) is 14.5. The average Bonchev–Trinajstić information content (AvgIpc) is 3.24. The molecule has 1 saturated heterocycles. The maximum absolute atomic E-state index is 14.0. The Morgan fingerprint density at radius 2 is 1.77 bits per heavy atom. The Bertz CT molecular complexity index is 1390. The number of imide groups is 1. The summed E-state index contributed by atoms with van der Waals surface area (Å²) in [5.74, 6) is -5.37. The molecule has 0 bridgehead atoms. The summed E-state index contributed by atoms with van der Waals surface area (Å²) in [4.78, 5) is 38.6. The zero-order valence-electron chi connectivity index (χ0n) is 23.9. The third-order valence-corrected chi connectivity index (χ3v) is 8.44. The van der Waals surface area contributed by atoms with Gasteiger partial charge in [0.2, 0.25) is 11.8 Å². The predicted octanol–water partition coefficient (Wildman–Crippen LogP) is 3.76. The number of nitrogens with zero attached hydrogens (tertiary/aromatic N) is 1. The van der Waals surface area contributed by atoms with Gasteiger partial charge >= 0.3 is 5.97 Å². The van der Waals surface area contributed by atoms with E-state index >= 15 is 0 Å². The minimum atomic E-state index is -1.13. The molecule has 4 rings (SSSR count). The number of amides is 2. The number of likely N-dealkylation sites (tertiary alicyclic amines) is 1. The van der Waals surface area contributed by atoms with Gasteiger partial charge in [0.05, 0.1) is 31.2 Å². The highest BCUT2D eigenvalue weighted by molar-refractivity contribution is 6.05.